The van der Waals surface area contributed by atoms with Crippen LogP contribution in [-0.2, 0) is 0 Å². The number of hydrogen-bond donors (Lipinski definition) is 2. The molecule has 3 N–H and O–H groups in total. The van der Waals surface area contributed by atoms with Crippen LogP contribution >= 0.6 is 11.6 Å². The van der Waals surface area contributed by atoms with E-state index in [2.05, 4.69) is 5.32 Å². The van der Waals surface area contributed by atoms with Crippen molar-refractivity contribution in [3.05, 3.63) is 81.1 Å². The summed E-state index contributed by atoms with van der Waals surface area (Å²) < 4.78 is 5.38. The molecule has 4 amide bonds. The normalized spacial score (nSPS) is 12.6. The minimum absolute atomic E-state index is 0.0164. The molecule has 0 fully saturated rings. The fraction of sp³-hybridized carbons (Fsp3) is 0.0870. The number of hydrogen-bond acceptors (Lipinski definition) is 6. The van der Waals surface area contributed by atoms with E-state index in [0.717, 1.165) is 4.90 Å². The number of rotatable bonds is 5. The van der Waals surface area contributed by atoms with Crippen molar-refractivity contribution in [1.82, 2.24) is 0 Å². The number of nitrogens with one attached hydrogen (secondary N) is 1. The Bertz CT molecular complexity index is 1390. The number of nitrogens with two attached hydrogens (primary N) is 1. The smallest absolute Gasteiger partial charge is 0.266 e. The van der Waals surface area contributed by atoms with Gasteiger partial charge in [0.25, 0.3) is 23.6 Å². The second kappa shape index (κ2) is 8.03. The molecule has 1 aliphatic rings. The molecule has 1 aliphatic heterocycles. The third-order valence-corrected chi connectivity index (χ3v) is 5.47. The molecule has 2 aromatic carbocycles. The molecule has 0 aliphatic carbocycles. The number of carbonyl (C=O) groups excluding carboxylic acids is 5. The Balaban J connectivity index is 1.68. The van der Waals surface area contributed by atoms with Crippen LogP contribution in [0.3, 0.4) is 0 Å². The van der Waals surface area contributed by atoms with Gasteiger partial charge in [0.05, 0.1) is 27.4 Å². The third kappa shape index (κ3) is 3.58. The van der Waals surface area contributed by atoms with Gasteiger partial charge in [0.15, 0.2) is 5.78 Å². The molecule has 9 nitrogen and oxygen atoms in total. The van der Waals surface area contributed by atoms with Gasteiger partial charge in [0, 0.05) is 5.56 Å². The quantitative estimate of drug-likeness (QED) is 0.436. The Morgan fingerprint density at radius 2 is 1.67 bits per heavy atom. The Morgan fingerprint density at radius 3 is 2.30 bits per heavy atom. The van der Waals surface area contributed by atoms with Crippen LogP contribution in [0.15, 0.2) is 46.9 Å². The highest BCUT2D eigenvalue weighted by Crippen LogP contribution is 2.34. The number of para-hydroxylation sites is 1. The number of primary amides is 1. The van der Waals surface area contributed by atoms with E-state index in [0.29, 0.717) is 0 Å². The average molecular weight is 466 g/mol. The molecule has 2 heterocycles. The SMILES string of the molecule is CC(=O)c1c(C)oc(NC(=O)c2ccc3c(c2)C(=O)N(c2ccccc2Cl)C3=O)c1C(N)=O. The zero-order valence-corrected chi connectivity index (χ0v) is 18.1. The third-order valence-electron chi connectivity index (χ3n) is 5.15. The fourth-order valence-corrected chi connectivity index (χ4v) is 3.92. The largest absolute Gasteiger partial charge is 0.444 e. The topological polar surface area (TPSA) is 140 Å². The summed E-state index contributed by atoms with van der Waals surface area (Å²) in [7, 11) is 0. The lowest BCUT2D eigenvalue weighted by Crippen LogP contribution is -2.29. The molecule has 10 heteroatoms. The molecule has 0 atom stereocenters. The number of benzene rings is 2. The molecule has 1 aromatic heterocycles. The maximum absolute atomic E-state index is 13.0. The molecule has 0 saturated carbocycles. The summed E-state index contributed by atoms with van der Waals surface area (Å²) in [5.74, 6) is -3.50. The van der Waals surface area contributed by atoms with E-state index in [1.54, 1.807) is 18.2 Å². The second-order valence-corrected chi connectivity index (χ2v) is 7.68. The average Bonchev–Trinajstić information content (AvgIpc) is 3.22. The number of imide groups is 1. The minimum Gasteiger partial charge on any atom is -0.444 e. The number of Topliss-reactive ketones (excluding diaryl/α,β-unsaturated/α-hetero) is 1. The van der Waals surface area contributed by atoms with Crippen LogP contribution in [0, 0.1) is 6.92 Å². The summed E-state index contributed by atoms with van der Waals surface area (Å²) in [6, 6.07) is 10.4. The van der Waals surface area contributed by atoms with E-state index in [1.807, 2.05) is 0 Å². The first-order valence-electron chi connectivity index (χ1n) is 9.64. The van der Waals surface area contributed by atoms with Crippen molar-refractivity contribution < 1.29 is 28.4 Å². The van der Waals surface area contributed by atoms with E-state index in [-0.39, 0.29) is 50.2 Å². The highest BCUT2D eigenvalue weighted by molar-refractivity contribution is 6.40. The van der Waals surface area contributed by atoms with Crippen LogP contribution in [-0.4, -0.2) is 29.4 Å². The maximum atomic E-state index is 13.0. The van der Waals surface area contributed by atoms with Crippen molar-refractivity contribution >= 4 is 52.6 Å². The molecule has 3 aromatic rings. The van der Waals surface area contributed by atoms with Gasteiger partial charge in [-0.15, -0.1) is 0 Å². The van der Waals surface area contributed by atoms with Gasteiger partial charge in [-0.2, -0.15) is 0 Å². The van der Waals surface area contributed by atoms with Crippen molar-refractivity contribution in [3.8, 4) is 0 Å². The molecule has 0 bridgehead atoms. The minimum atomic E-state index is -0.947. The number of anilines is 2. The van der Waals surface area contributed by atoms with E-state index in [9.17, 15) is 24.0 Å². The Kier molecular flexibility index (Phi) is 5.35. The Morgan fingerprint density at radius 1 is 1.00 bits per heavy atom. The van der Waals surface area contributed by atoms with E-state index >= 15 is 0 Å². The summed E-state index contributed by atoms with van der Waals surface area (Å²) in [6.45, 7) is 2.70. The number of carbonyl (C=O) groups is 5. The first kappa shape index (κ1) is 22.0. The van der Waals surface area contributed by atoms with Crippen LogP contribution in [0.4, 0.5) is 11.6 Å². The van der Waals surface area contributed by atoms with Crippen LogP contribution in [0.2, 0.25) is 5.02 Å². The standard InChI is InChI=1S/C23H16ClN3O6/c1-10(28)17-11(2)33-21(18(17)19(25)29)26-20(30)12-7-8-13-14(9-12)23(32)27(22(13)31)16-6-4-3-5-15(16)24/h3-9H,1-2H3,(H2,25,29)(H,26,30). The number of nitrogens with zero attached hydrogens (tertiary/aromatic N) is 1. The predicted molar refractivity (Wildman–Crippen MR) is 119 cm³/mol. The number of ketones is 1. The molecule has 0 spiro atoms. The lowest BCUT2D eigenvalue weighted by atomic mass is 10.0. The monoisotopic (exact) mass is 465 g/mol. The van der Waals surface area contributed by atoms with Crippen LogP contribution in [0.5, 0.6) is 0 Å². The highest BCUT2D eigenvalue weighted by Gasteiger charge is 2.38. The molecule has 4 rings (SSSR count). The molecule has 33 heavy (non-hydrogen) atoms. The number of fused-ring (bicyclic) bond motifs is 1. The van der Waals surface area contributed by atoms with Crippen LogP contribution in [0.25, 0.3) is 0 Å². The fourth-order valence-electron chi connectivity index (χ4n) is 3.70. The van der Waals surface area contributed by atoms with Crippen molar-refractivity contribution in [1.29, 1.82) is 0 Å². The lowest BCUT2D eigenvalue weighted by molar-refractivity contribution is 0.0923. The summed E-state index contributed by atoms with van der Waals surface area (Å²) in [5, 5.41) is 2.62. The molecular weight excluding hydrogens is 450 g/mol. The van der Waals surface area contributed by atoms with E-state index < -0.39 is 29.4 Å². The lowest BCUT2D eigenvalue weighted by Gasteiger charge is -2.15. The van der Waals surface area contributed by atoms with Crippen molar-refractivity contribution in [2.75, 3.05) is 10.2 Å². The molecule has 0 radical (unpaired) electrons. The Labute approximate surface area is 192 Å². The summed E-state index contributed by atoms with van der Waals surface area (Å²) in [5.41, 5.74) is 5.47. The van der Waals surface area contributed by atoms with Gasteiger partial charge in [-0.05, 0) is 44.2 Å². The molecular formula is C23H16ClN3O6. The van der Waals surface area contributed by atoms with E-state index in [4.69, 9.17) is 21.8 Å². The molecule has 0 unspecified atom stereocenters. The zero-order chi connectivity index (χ0) is 24.0. The van der Waals surface area contributed by atoms with Crippen molar-refractivity contribution in [3.63, 3.8) is 0 Å². The van der Waals surface area contributed by atoms with E-state index in [1.165, 1.54) is 38.1 Å². The summed E-state index contributed by atoms with van der Waals surface area (Å²) >= 11 is 6.14. The van der Waals surface area contributed by atoms with Gasteiger partial charge < -0.3 is 10.2 Å². The summed E-state index contributed by atoms with van der Waals surface area (Å²) in [4.78, 5) is 63.3. The van der Waals surface area contributed by atoms with Gasteiger partial charge in [0.1, 0.15) is 11.3 Å². The second-order valence-electron chi connectivity index (χ2n) is 7.27. The number of halogens is 1. The first-order chi connectivity index (χ1) is 15.6. The van der Waals surface area contributed by atoms with Crippen molar-refractivity contribution in [2.24, 2.45) is 5.73 Å². The first-order valence-corrected chi connectivity index (χ1v) is 10.0. The zero-order valence-electron chi connectivity index (χ0n) is 17.4. The van der Waals surface area contributed by atoms with Gasteiger partial charge >= 0.3 is 0 Å². The number of furan rings is 1. The Hall–Kier alpha value is -4.24. The summed E-state index contributed by atoms with van der Waals surface area (Å²) in [6.07, 6.45) is 0. The maximum Gasteiger partial charge on any atom is 0.266 e. The number of aryl methyl sites for hydroxylation is 1. The van der Waals surface area contributed by atoms with Gasteiger partial charge in [0.2, 0.25) is 5.88 Å². The highest BCUT2D eigenvalue weighted by atomic mass is 35.5. The van der Waals surface area contributed by atoms with Crippen molar-refractivity contribution in [2.45, 2.75) is 13.8 Å². The van der Waals surface area contributed by atoms with Crippen LogP contribution < -0.4 is 16.0 Å². The number of amides is 4. The van der Waals surface area contributed by atoms with Gasteiger partial charge in [-0.25, -0.2) is 4.90 Å². The van der Waals surface area contributed by atoms with Gasteiger partial charge in [-0.3, -0.25) is 29.3 Å². The van der Waals surface area contributed by atoms with Crippen LogP contribution in [0.1, 0.15) is 64.5 Å². The predicted octanol–water partition coefficient (Wildman–Crippen LogP) is 3.60. The molecule has 166 valence electrons. The molecule has 0 saturated heterocycles. The van der Waals surface area contributed by atoms with Gasteiger partial charge in [-0.1, -0.05) is 23.7 Å².